The lowest BCUT2D eigenvalue weighted by Crippen LogP contribution is -3.00. The normalized spacial score (nSPS) is 10.3. The van der Waals surface area contributed by atoms with Gasteiger partial charge in [-0.05, 0) is 45.7 Å². The molecule has 0 bridgehead atoms. The van der Waals surface area contributed by atoms with Crippen molar-refractivity contribution in [2.45, 2.75) is 13.2 Å². The lowest BCUT2D eigenvalue weighted by atomic mass is 10.2. The van der Waals surface area contributed by atoms with Gasteiger partial charge in [0.15, 0.2) is 11.5 Å². The molecule has 4 N–H and O–H groups in total. The molecule has 0 spiro atoms. The summed E-state index contributed by atoms with van der Waals surface area (Å²) in [5.74, 6) is 0.493. The number of halogens is 3. The molecule has 1 aromatic heterocycles. The highest BCUT2D eigenvalue weighted by molar-refractivity contribution is 6.32. The molecule has 0 atom stereocenters. The molecule has 0 unspecified atom stereocenters. The first-order valence-electron chi connectivity index (χ1n) is 9.28. The first kappa shape index (κ1) is 25.5. The highest BCUT2D eigenvalue weighted by Gasteiger charge is 2.15. The summed E-state index contributed by atoms with van der Waals surface area (Å²) >= 11 is 12.3. The molecule has 3 rings (SSSR count). The highest BCUT2D eigenvalue weighted by Crippen LogP contribution is 2.37. The number of amides is 1. The Morgan fingerprint density at radius 3 is 2.53 bits per heavy atom. The molecule has 0 radical (unpaired) electrons. The molecule has 12 heteroatoms. The number of nitrogens with two attached hydrogens (primary N) is 1. The third-order valence-electron chi connectivity index (χ3n) is 4.23. The summed E-state index contributed by atoms with van der Waals surface area (Å²) in [5, 5.41) is 13.8. The predicted octanol–water partition coefficient (Wildman–Crippen LogP) is 0.0698. The molecule has 2 aromatic carbocycles. The van der Waals surface area contributed by atoms with E-state index in [0.29, 0.717) is 47.8 Å². The molecule has 9 nitrogen and oxygen atoms in total. The van der Waals surface area contributed by atoms with Crippen LogP contribution in [0.25, 0.3) is 0 Å². The Labute approximate surface area is 200 Å². The molecular formula is C20H21Cl3N5O4-. The highest BCUT2D eigenvalue weighted by atomic mass is 35.5. The van der Waals surface area contributed by atoms with Crippen molar-refractivity contribution in [3.05, 3.63) is 63.3 Å². The van der Waals surface area contributed by atoms with Gasteiger partial charge in [-0.25, -0.2) is 4.63 Å². The van der Waals surface area contributed by atoms with Crippen LogP contribution in [0.4, 0.5) is 5.82 Å². The van der Waals surface area contributed by atoms with Crippen LogP contribution in [0.5, 0.6) is 11.5 Å². The minimum absolute atomic E-state index is 0. The van der Waals surface area contributed by atoms with Gasteiger partial charge in [0.25, 0.3) is 5.91 Å². The van der Waals surface area contributed by atoms with Crippen molar-refractivity contribution in [1.29, 1.82) is 0 Å². The van der Waals surface area contributed by atoms with Gasteiger partial charge in [-0.1, -0.05) is 35.3 Å². The monoisotopic (exact) mass is 500 g/mol. The van der Waals surface area contributed by atoms with E-state index in [0.717, 1.165) is 11.1 Å². The summed E-state index contributed by atoms with van der Waals surface area (Å²) in [5.41, 5.74) is 7.30. The summed E-state index contributed by atoms with van der Waals surface area (Å²) in [6, 6.07) is 11.0. The number of methoxy groups -OCH3 is 1. The first-order chi connectivity index (χ1) is 15.0. The van der Waals surface area contributed by atoms with Gasteiger partial charge in [0.1, 0.15) is 6.61 Å². The van der Waals surface area contributed by atoms with E-state index >= 15 is 0 Å². The summed E-state index contributed by atoms with van der Waals surface area (Å²) in [7, 11) is 1.55. The maximum absolute atomic E-state index is 11.9. The van der Waals surface area contributed by atoms with Crippen LogP contribution < -0.4 is 38.2 Å². The SMILES string of the molecule is COc1cc(CNCCNC(=O)c2nonc2N)cc(Cl)c1OCc1ccc(Cl)cc1.[Cl-]. The van der Waals surface area contributed by atoms with Crippen LogP contribution in [0.2, 0.25) is 10.0 Å². The second-order valence-electron chi connectivity index (χ2n) is 6.45. The minimum atomic E-state index is -0.451. The number of nitrogens with zero attached hydrogens (tertiary/aromatic N) is 2. The van der Waals surface area contributed by atoms with Crippen LogP contribution in [0.1, 0.15) is 21.6 Å². The number of aromatic nitrogens is 2. The van der Waals surface area contributed by atoms with Gasteiger partial charge >= 0.3 is 0 Å². The lowest BCUT2D eigenvalue weighted by Gasteiger charge is -2.15. The van der Waals surface area contributed by atoms with Gasteiger partial charge in [-0.15, -0.1) is 0 Å². The maximum Gasteiger partial charge on any atom is 0.277 e. The minimum Gasteiger partial charge on any atom is -1.00 e. The van der Waals surface area contributed by atoms with Gasteiger partial charge in [0, 0.05) is 24.7 Å². The van der Waals surface area contributed by atoms with Crippen LogP contribution in [0.3, 0.4) is 0 Å². The number of rotatable bonds is 10. The molecule has 0 fully saturated rings. The Hall–Kier alpha value is -2.72. The molecule has 0 aliphatic rings. The predicted molar refractivity (Wildman–Crippen MR) is 117 cm³/mol. The standard InChI is InChI=1S/C20H21Cl2N5O4.ClH/c1-29-16-9-13(10-24-6-7-25-20(28)17-19(23)27-31-26-17)8-15(22)18(16)30-11-12-2-4-14(21)5-3-12;/h2-5,8-9,24H,6-7,10-11H2,1H3,(H2,23,27)(H,25,28);1H/p-1. The molecule has 1 heterocycles. The van der Waals surface area contributed by atoms with Crippen molar-refractivity contribution in [1.82, 2.24) is 20.9 Å². The lowest BCUT2D eigenvalue weighted by molar-refractivity contribution is -0.0000156. The zero-order valence-electron chi connectivity index (χ0n) is 17.0. The van der Waals surface area contributed by atoms with Crippen molar-refractivity contribution in [3.63, 3.8) is 0 Å². The topological polar surface area (TPSA) is 125 Å². The number of anilines is 1. The molecule has 0 aliphatic heterocycles. The van der Waals surface area contributed by atoms with Crippen molar-refractivity contribution in [2.75, 3.05) is 25.9 Å². The first-order valence-corrected chi connectivity index (χ1v) is 10.0. The fraction of sp³-hybridized carbons (Fsp3) is 0.250. The largest absolute Gasteiger partial charge is 1.00 e. The number of carbonyl (C=O) groups excluding carboxylic acids is 1. The van der Waals surface area contributed by atoms with Crippen LogP contribution in [0.15, 0.2) is 41.0 Å². The van der Waals surface area contributed by atoms with E-state index < -0.39 is 5.91 Å². The Bertz CT molecular complexity index is 1030. The van der Waals surface area contributed by atoms with Crippen molar-refractivity contribution in [2.24, 2.45) is 0 Å². The van der Waals surface area contributed by atoms with Crippen LogP contribution in [-0.4, -0.2) is 36.4 Å². The summed E-state index contributed by atoms with van der Waals surface area (Å²) < 4.78 is 15.7. The van der Waals surface area contributed by atoms with Crippen molar-refractivity contribution >= 4 is 34.9 Å². The van der Waals surface area contributed by atoms with Crippen molar-refractivity contribution in [3.8, 4) is 11.5 Å². The van der Waals surface area contributed by atoms with Gasteiger partial charge in [-0.2, -0.15) is 0 Å². The van der Waals surface area contributed by atoms with E-state index in [1.807, 2.05) is 18.2 Å². The molecule has 0 saturated carbocycles. The Balaban J connectivity index is 0.00000363. The molecule has 0 saturated heterocycles. The van der Waals surface area contributed by atoms with Gasteiger partial charge in [0.05, 0.1) is 12.1 Å². The second-order valence-corrected chi connectivity index (χ2v) is 7.30. The summed E-state index contributed by atoms with van der Waals surface area (Å²) in [6.45, 7) is 1.71. The Morgan fingerprint density at radius 1 is 1.12 bits per heavy atom. The molecule has 3 aromatic rings. The summed E-state index contributed by atoms with van der Waals surface area (Å²) in [6.07, 6.45) is 0. The Morgan fingerprint density at radius 2 is 1.88 bits per heavy atom. The van der Waals surface area contributed by atoms with E-state index in [2.05, 4.69) is 25.6 Å². The molecular weight excluding hydrogens is 481 g/mol. The van der Waals surface area contributed by atoms with E-state index in [9.17, 15) is 4.79 Å². The van der Waals surface area contributed by atoms with Gasteiger partial charge in [-0.3, -0.25) is 4.79 Å². The van der Waals surface area contributed by atoms with Gasteiger partial charge in [0.2, 0.25) is 11.5 Å². The number of nitrogens with one attached hydrogen (secondary N) is 2. The quantitative estimate of drug-likeness (QED) is 0.333. The second kappa shape index (κ2) is 12.4. The molecule has 32 heavy (non-hydrogen) atoms. The number of hydrogen-bond acceptors (Lipinski definition) is 8. The fourth-order valence-corrected chi connectivity index (χ4v) is 3.10. The molecule has 0 aliphatic carbocycles. The maximum atomic E-state index is 11.9. The zero-order valence-corrected chi connectivity index (χ0v) is 19.3. The van der Waals surface area contributed by atoms with Gasteiger partial charge < -0.3 is 38.2 Å². The number of benzene rings is 2. The fourth-order valence-electron chi connectivity index (χ4n) is 2.69. The van der Waals surface area contributed by atoms with E-state index in [-0.39, 0.29) is 23.9 Å². The van der Waals surface area contributed by atoms with Crippen LogP contribution >= 0.6 is 23.2 Å². The number of carbonyl (C=O) groups is 1. The average Bonchev–Trinajstić information content (AvgIpc) is 3.19. The van der Waals surface area contributed by atoms with Crippen LogP contribution in [-0.2, 0) is 13.2 Å². The average molecular weight is 502 g/mol. The summed E-state index contributed by atoms with van der Waals surface area (Å²) in [4.78, 5) is 11.9. The number of hydrogen-bond donors (Lipinski definition) is 3. The van der Waals surface area contributed by atoms with E-state index in [4.69, 9.17) is 38.4 Å². The number of ether oxygens (including phenoxy) is 2. The molecule has 172 valence electrons. The van der Waals surface area contributed by atoms with Crippen molar-refractivity contribution < 1.29 is 31.3 Å². The van der Waals surface area contributed by atoms with E-state index in [1.54, 1.807) is 25.3 Å². The molecule has 1 amide bonds. The van der Waals surface area contributed by atoms with Crippen LogP contribution in [0, 0.1) is 0 Å². The Kier molecular flexibility index (Phi) is 9.86. The van der Waals surface area contributed by atoms with E-state index in [1.165, 1.54) is 0 Å². The third-order valence-corrected chi connectivity index (χ3v) is 4.76. The zero-order chi connectivity index (χ0) is 22.2. The third kappa shape index (κ3) is 6.89. The number of nitrogen functional groups attached to an aromatic ring is 1. The smallest absolute Gasteiger partial charge is 0.277 e.